The SMILES string of the molecule is Cc1cc(S(=O)(=O)c2ccccc2[C@H](C)O)ccc1Br. The molecule has 0 aliphatic carbocycles. The van der Waals surface area contributed by atoms with E-state index in [1.807, 2.05) is 6.92 Å². The van der Waals surface area contributed by atoms with E-state index in [2.05, 4.69) is 15.9 Å². The van der Waals surface area contributed by atoms with Crippen molar-refractivity contribution in [1.82, 2.24) is 0 Å². The van der Waals surface area contributed by atoms with E-state index in [1.54, 1.807) is 43.3 Å². The van der Waals surface area contributed by atoms with Gasteiger partial charge in [-0.3, -0.25) is 0 Å². The van der Waals surface area contributed by atoms with Crippen LogP contribution in [0.2, 0.25) is 0 Å². The van der Waals surface area contributed by atoms with Gasteiger partial charge in [0.25, 0.3) is 0 Å². The summed E-state index contributed by atoms with van der Waals surface area (Å²) >= 11 is 3.36. The predicted molar refractivity (Wildman–Crippen MR) is 81.4 cm³/mol. The fourth-order valence-electron chi connectivity index (χ4n) is 1.98. The van der Waals surface area contributed by atoms with Crippen LogP contribution in [0, 0.1) is 6.92 Å². The zero-order valence-corrected chi connectivity index (χ0v) is 13.6. The Kier molecular flexibility index (Phi) is 4.32. The third-order valence-electron chi connectivity index (χ3n) is 3.10. The number of hydrogen-bond donors (Lipinski definition) is 1. The van der Waals surface area contributed by atoms with Gasteiger partial charge < -0.3 is 5.11 Å². The molecule has 2 rings (SSSR count). The van der Waals surface area contributed by atoms with E-state index in [0.29, 0.717) is 5.56 Å². The molecule has 5 heteroatoms. The van der Waals surface area contributed by atoms with Crippen LogP contribution in [0.25, 0.3) is 0 Å². The van der Waals surface area contributed by atoms with E-state index < -0.39 is 15.9 Å². The molecule has 0 fully saturated rings. The highest BCUT2D eigenvalue weighted by atomic mass is 79.9. The first kappa shape index (κ1) is 15.2. The maximum Gasteiger partial charge on any atom is 0.206 e. The number of aliphatic hydroxyl groups is 1. The maximum atomic E-state index is 12.7. The molecule has 106 valence electrons. The number of hydrogen-bond acceptors (Lipinski definition) is 3. The average Bonchev–Trinajstić information content (AvgIpc) is 2.41. The second-order valence-corrected chi connectivity index (χ2v) is 7.40. The van der Waals surface area contributed by atoms with Crippen molar-refractivity contribution in [1.29, 1.82) is 0 Å². The molecule has 0 radical (unpaired) electrons. The largest absolute Gasteiger partial charge is 0.389 e. The first-order chi connectivity index (χ1) is 9.34. The topological polar surface area (TPSA) is 54.4 Å². The summed E-state index contributed by atoms with van der Waals surface area (Å²) in [7, 11) is -3.63. The quantitative estimate of drug-likeness (QED) is 0.915. The Labute approximate surface area is 127 Å². The van der Waals surface area contributed by atoms with Crippen LogP contribution in [0.15, 0.2) is 56.7 Å². The van der Waals surface area contributed by atoms with E-state index in [4.69, 9.17) is 0 Å². The van der Waals surface area contributed by atoms with Crippen molar-refractivity contribution in [3.05, 3.63) is 58.1 Å². The van der Waals surface area contributed by atoms with Gasteiger partial charge in [-0.05, 0) is 49.2 Å². The van der Waals surface area contributed by atoms with Gasteiger partial charge in [0.1, 0.15) is 0 Å². The van der Waals surface area contributed by atoms with Crippen molar-refractivity contribution in [2.75, 3.05) is 0 Å². The molecular weight excluding hydrogens is 340 g/mol. The summed E-state index contributed by atoms with van der Waals surface area (Å²) in [6.07, 6.45) is -0.836. The third-order valence-corrected chi connectivity index (χ3v) is 5.81. The standard InChI is InChI=1S/C15H15BrO3S/c1-10-9-12(7-8-14(10)16)20(18,19)15-6-4-3-5-13(15)11(2)17/h3-9,11,17H,1-2H3/t11-/m0/s1. The molecule has 1 N–H and O–H groups in total. The Morgan fingerprint density at radius 3 is 2.40 bits per heavy atom. The average molecular weight is 355 g/mol. The summed E-state index contributed by atoms with van der Waals surface area (Å²) in [6, 6.07) is 11.4. The first-order valence-electron chi connectivity index (χ1n) is 6.12. The Morgan fingerprint density at radius 2 is 1.80 bits per heavy atom. The molecule has 0 saturated carbocycles. The Balaban J connectivity index is 2.64. The van der Waals surface area contributed by atoms with Crippen LogP contribution in [0.3, 0.4) is 0 Å². The second kappa shape index (κ2) is 5.68. The van der Waals surface area contributed by atoms with E-state index >= 15 is 0 Å². The number of rotatable bonds is 3. The lowest BCUT2D eigenvalue weighted by atomic mass is 10.1. The van der Waals surface area contributed by atoms with Crippen LogP contribution in [0.5, 0.6) is 0 Å². The van der Waals surface area contributed by atoms with Crippen LogP contribution in [0.1, 0.15) is 24.2 Å². The number of sulfone groups is 1. The smallest absolute Gasteiger partial charge is 0.206 e. The van der Waals surface area contributed by atoms with Gasteiger partial charge >= 0.3 is 0 Å². The van der Waals surface area contributed by atoms with Gasteiger partial charge in [0.2, 0.25) is 9.84 Å². The van der Waals surface area contributed by atoms with Gasteiger partial charge in [-0.25, -0.2) is 8.42 Å². The zero-order chi connectivity index (χ0) is 14.9. The van der Waals surface area contributed by atoms with Crippen LogP contribution >= 0.6 is 15.9 Å². The van der Waals surface area contributed by atoms with Crippen molar-refractivity contribution < 1.29 is 13.5 Å². The maximum absolute atomic E-state index is 12.7. The van der Waals surface area contributed by atoms with Crippen molar-refractivity contribution in [2.45, 2.75) is 29.7 Å². The second-order valence-electron chi connectivity index (χ2n) is 4.63. The molecule has 3 nitrogen and oxygen atoms in total. The lowest BCUT2D eigenvalue weighted by molar-refractivity contribution is 0.196. The molecule has 20 heavy (non-hydrogen) atoms. The summed E-state index contributed by atoms with van der Waals surface area (Å²) in [4.78, 5) is 0.378. The fraction of sp³-hybridized carbons (Fsp3) is 0.200. The van der Waals surface area contributed by atoms with Gasteiger partial charge in [0, 0.05) is 4.47 Å². The molecular formula is C15H15BrO3S. The summed E-state index contributed by atoms with van der Waals surface area (Å²) in [5, 5.41) is 9.74. The monoisotopic (exact) mass is 354 g/mol. The highest BCUT2D eigenvalue weighted by molar-refractivity contribution is 9.10. The normalized spacial score (nSPS) is 13.2. The van der Waals surface area contributed by atoms with Crippen LogP contribution in [0.4, 0.5) is 0 Å². The summed E-state index contributed by atoms with van der Waals surface area (Å²) in [5.41, 5.74) is 1.26. The fourth-order valence-corrected chi connectivity index (χ4v) is 3.87. The molecule has 0 heterocycles. The summed E-state index contributed by atoms with van der Waals surface area (Å²) < 4.78 is 26.3. The molecule has 0 spiro atoms. The van der Waals surface area contributed by atoms with E-state index in [1.165, 1.54) is 6.07 Å². The number of aryl methyl sites for hydroxylation is 1. The van der Waals surface area contributed by atoms with Crippen LogP contribution in [-0.2, 0) is 9.84 Å². The highest BCUT2D eigenvalue weighted by Crippen LogP contribution is 2.29. The van der Waals surface area contributed by atoms with Gasteiger partial charge in [-0.15, -0.1) is 0 Å². The Hall–Kier alpha value is -1.17. The Bertz CT molecular complexity index is 737. The minimum absolute atomic E-state index is 0.150. The van der Waals surface area contributed by atoms with E-state index in [9.17, 15) is 13.5 Å². The molecule has 1 atom stereocenters. The van der Waals surface area contributed by atoms with Crippen LogP contribution in [-0.4, -0.2) is 13.5 Å². The molecule has 0 amide bonds. The third kappa shape index (κ3) is 2.80. The minimum Gasteiger partial charge on any atom is -0.389 e. The number of aliphatic hydroxyl groups excluding tert-OH is 1. The van der Waals surface area contributed by atoms with E-state index in [0.717, 1.165) is 10.0 Å². The zero-order valence-electron chi connectivity index (χ0n) is 11.2. The summed E-state index contributed by atoms with van der Waals surface area (Å²) in [6.45, 7) is 3.39. The Morgan fingerprint density at radius 1 is 1.15 bits per heavy atom. The van der Waals surface area contributed by atoms with Crippen molar-refractivity contribution in [3.63, 3.8) is 0 Å². The molecule has 0 unspecified atom stereocenters. The minimum atomic E-state index is -3.63. The highest BCUT2D eigenvalue weighted by Gasteiger charge is 2.23. The van der Waals surface area contributed by atoms with Gasteiger partial charge in [0.15, 0.2) is 0 Å². The molecule has 0 bridgehead atoms. The van der Waals surface area contributed by atoms with Crippen molar-refractivity contribution >= 4 is 25.8 Å². The molecule has 0 aliphatic rings. The van der Waals surface area contributed by atoms with Crippen molar-refractivity contribution in [3.8, 4) is 0 Å². The molecule has 0 aliphatic heterocycles. The lowest BCUT2D eigenvalue weighted by Gasteiger charge is -2.13. The molecule has 0 saturated heterocycles. The number of halogens is 1. The molecule has 0 aromatic heterocycles. The summed E-state index contributed by atoms with van der Waals surface area (Å²) in [5.74, 6) is 0. The number of benzene rings is 2. The van der Waals surface area contributed by atoms with E-state index in [-0.39, 0.29) is 9.79 Å². The first-order valence-corrected chi connectivity index (χ1v) is 8.40. The predicted octanol–water partition coefficient (Wildman–Crippen LogP) is 3.64. The van der Waals surface area contributed by atoms with Gasteiger partial charge in [0.05, 0.1) is 15.9 Å². The van der Waals surface area contributed by atoms with Gasteiger partial charge in [-0.2, -0.15) is 0 Å². The van der Waals surface area contributed by atoms with Crippen molar-refractivity contribution in [2.24, 2.45) is 0 Å². The lowest BCUT2D eigenvalue weighted by Crippen LogP contribution is -2.07. The van der Waals surface area contributed by atoms with Crippen LogP contribution < -0.4 is 0 Å². The molecule has 2 aromatic carbocycles. The van der Waals surface area contributed by atoms with Gasteiger partial charge in [-0.1, -0.05) is 34.1 Å². The molecule has 2 aromatic rings.